The summed E-state index contributed by atoms with van der Waals surface area (Å²) in [6, 6.07) is 5.77. The quantitative estimate of drug-likeness (QED) is 0.734. The number of nitrogens with two attached hydrogens (primary N) is 1. The molecule has 5 heteroatoms. The van der Waals surface area contributed by atoms with E-state index in [-0.39, 0.29) is 12.1 Å². The van der Waals surface area contributed by atoms with Crippen LogP contribution < -0.4 is 11.1 Å². The van der Waals surface area contributed by atoms with Crippen molar-refractivity contribution in [3.05, 3.63) is 29.3 Å². The van der Waals surface area contributed by atoms with Gasteiger partial charge in [-0.1, -0.05) is 11.8 Å². The lowest BCUT2D eigenvalue weighted by Crippen LogP contribution is -2.29. The lowest BCUT2D eigenvalue weighted by Gasteiger charge is -2.27. The standard InChI is InChI=1S/C18H25N3O2/c1-21(2)11-3-4-13-5-10-17(16(12-13)18(19)23)20-14-6-8-15(22)9-7-14/h5,10,12,14-15,20,22H,6-9,11H2,1-2H3,(H2,19,23). The van der Waals surface area contributed by atoms with Crippen LogP contribution in [0.4, 0.5) is 5.69 Å². The predicted octanol–water partition coefficient (Wildman–Crippen LogP) is 1.41. The molecule has 1 fully saturated rings. The van der Waals surface area contributed by atoms with Gasteiger partial charge in [-0.2, -0.15) is 0 Å². The van der Waals surface area contributed by atoms with Crippen LogP contribution in [0.1, 0.15) is 41.6 Å². The summed E-state index contributed by atoms with van der Waals surface area (Å²) < 4.78 is 0. The molecular weight excluding hydrogens is 290 g/mol. The number of hydrogen-bond acceptors (Lipinski definition) is 4. The second kappa shape index (κ2) is 8.00. The van der Waals surface area contributed by atoms with E-state index in [1.807, 2.05) is 31.1 Å². The Labute approximate surface area is 137 Å². The average molecular weight is 315 g/mol. The summed E-state index contributed by atoms with van der Waals surface area (Å²) in [6.45, 7) is 0.663. The second-order valence-electron chi connectivity index (χ2n) is 6.31. The molecule has 23 heavy (non-hydrogen) atoms. The van der Waals surface area contributed by atoms with Crippen LogP contribution in [0.3, 0.4) is 0 Å². The van der Waals surface area contributed by atoms with Crippen LogP contribution in [-0.2, 0) is 0 Å². The van der Waals surface area contributed by atoms with E-state index in [0.29, 0.717) is 12.1 Å². The van der Waals surface area contributed by atoms with Crippen molar-refractivity contribution in [1.82, 2.24) is 4.90 Å². The third kappa shape index (κ3) is 5.27. The monoisotopic (exact) mass is 315 g/mol. The van der Waals surface area contributed by atoms with Crippen molar-refractivity contribution in [3.8, 4) is 11.8 Å². The van der Waals surface area contributed by atoms with Crippen molar-refractivity contribution < 1.29 is 9.90 Å². The van der Waals surface area contributed by atoms with Gasteiger partial charge < -0.3 is 16.2 Å². The molecule has 1 aromatic carbocycles. The van der Waals surface area contributed by atoms with Crippen molar-refractivity contribution in [2.45, 2.75) is 37.8 Å². The van der Waals surface area contributed by atoms with Gasteiger partial charge in [0.25, 0.3) is 5.91 Å². The Morgan fingerprint density at radius 1 is 1.35 bits per heavy atom. The Balaban J connectivity index is 2.13. The zero-order valence-corrected chi connectivity index (χ0v) is 13.8. The molecule has 5 nitrogen and oxygen atoms in total. The highest BCUT2D eigenvalue weighted by molar-refractivity contribution is 5.99. The van der Waals surface area contributed by atoms with E-state index in [9.17, 15) is 9.90 Å². The molecule has 0 aromatic heterocycles. The number of aliphatic hydroxyl groups excluding tert-OH is 1. The lowest BCUT2D eigenvalue weighted by molar-refractivity contribution is 0.100. The first-order valence-corrected chi connectivity index (χ1v) is 7.97. The molecule has 0 radical (unpaired) electrons. The van der Waals surface area contributed by atoms with Crippen LogP contribution in [-0.4, -0.2) is 48.7 Å². The molecule has 0 unspecified atom stereocenters. The number of carbonyl (C=O) groups is 1. The van der Waals surface area contributed by atoms with E-state index in [1.165, 1.54) is 0 Å². The highest BCUT2D eigenvalue weighted by Crippen LogP contribution is 2.24. The van der Waals surface area contributed by atoms with Crippen LogP contribution in [0.15, 0.2) is 18.2 Å². The molecule has 0 heterocycles. The summed E-state index contributed by atoms with van der Waals surface area (Å²) in [5.74, 6) is 5.64. The maximum Gasteiger partial charge on any atom is 0.250 e. The fourth-order valence-corrected chi connectivity index (χ4v) is 2.69. The molecule has 0 bridgehead atoms. The van der Waals surface area contributed by atoms with Crippen LogP contribution in [0.5, 0.6) is 0 Å². The maximum absolute atomic E-state index is 11.7. The van der Waals surface area contributed by atoms with Gasteiger partial charge in [0, 0.05) is 17.3 Å². The fourth-order valence-electron chi connectivity index (χ4n) is 2.69. The lowest BCUT2D eigenvalue weighted by atomic mass is 9.92. The molecule has 1 aliphatic rings. The molecule has 1 aromatic rings. The van der Waals surface area contributed by atoms with Gasteiger partial charge in [-0.15, -0.1) is 0 Å². The number of nitrogens with one attached hydrogen (secondary N) is 1. The molecule has 1 saturated carbocycles. The van der Waals surface area contributed by atoms with Gasteiger partial charge in [0.15, 0.2) is 0 Å². The number of aliphatic hydroxyl groups is 1. The molecule has 4 N–H and O–H groups in total. The Bertz CT molecular complexity index is 608. The minimum atomic E-state index is -0.459. The highest BCUT2D eigenvalue weighted by atomic mass is 16.3. The fraction of sp³-hybridized carbons (Fsp3) is 0.500. The van der Waals surface area contributed by atoms with Crippen LogP contribution in [0.2, 0.25) is 0 Å². The first-order valence-electron chi connectivity index (χ1n) is 7.97. The van der Waals surface area contributed by atoms with Crippen molar-refractivity contribution in [1.29, 1.82) is 0 Å². The van der Waals surface area contributed by atoms with Crippen molar-refractivity contribution in [2.75, 3.05) is 26.0 Å². The minimum absolute atomic E-state index is 0.196. The molecule has 1 aliphatic carbocycles. The number of nitrogens with zero attached hydrogens (tertiary/aromatic N) is 1. The zero-order chi connectivity index (χ0) is 16.8. The summed E-state index contributed by atoms with van der Waals surface area (Å²) in [5.41, 5.74) is 7.51. The average Bonchev–Trinajstić information content (AvgIpc) is 2.50. The third-order valence-corrected chi connectivity index (χ3v) is 3.97. The number of primary amides is 1. The number of hydrogen-bond donors (Lipinski definition) is 3. The minimum Gasteiger partial charge on any atom is -0.393 e. The summed E-state index contributed by atoms with van der Waals surface area (Å²) in [7, 11) is 3.91. The molecule has 0 spiro atoms. The van der Waals surface area contributed by atoms with E-state index in [4.69, 9.17) is 5.73 Å². The predicted molar refractivity (Wildman–Crippen MR) is 92.3 cm³/mol. The summed E-state index contributed by atoms with van der Waals surface area (Å²) in [4.78, 5) is 13.7. The zero-order valence-electron chi connectivity index (χ0n) is 13.8. The molecule has 0 aliphatic heterocycles. The van der Waals surface area contributed by atoms with Gasteiger partial charge in [-0.05, 0) is 58.0 Å². The first-order chi connectivity index (χ1) is 11.0. The van der Waals surface area contributed by atoms with Gasteiger partial charge in [0.05, 0.1) is 18.2 Å². The normalized spacial score (nSPS) is 20.7. The van der Waals surface area contributed by atoms with Gasteiger partial charge in [-0.3, -0.25) is 9.69 Å². The Hall–Kier alpha value is -2.03. The largest absolute Gasteiger partial charge is 0.393 e. The molecule has 0 saturated heterocycles. The van der Waals surface area contributed by atoms with Crippen molar-refractivity contribution in [3.63, 3.8) is 0 Å². The van der Waals surface area contributed by atoms with Crippen molar-refractivity contribution in [2.24, 2.45) is 5.73 Å². The summed E-state index contributed by atoms with van der Waals surface area (Å²) in [6.07, 6.45) is 3.17. The van der Waals surface area contributed by atoms with Crippen LogP contribution >= 0.6 is 0 Å². The number of anilines is 1. The second-order valence-corrected chi connectivity index (χ2v) is 6.31. The third-order valence-electron chi connectivity index (χ3n) is 3.97. The van der Waals surface area contributed by atoms with Crippen LogP contribution in [0.25, 0.3) is 0 Å². The molecule has 1 amide bonds. The Morgan fingerprint density at radius 2 is 2.04 bits per heavy atom. The topological polar surface area (TPSA) is 78.6 Å². The molecule has 2 rings (SSSR count). The number of rotatable bonds is 4. The van der Waals surface area contributed by atoms with E-state index in [2.05, 4.69) is 17.2 Å². The Morgan fingerprint density at radius 3 is 2.65 bits per heavy atom. The van der Waals surface area contributed by atoms with Crippen LogP contribution in [0, 0.1) is 11.8 Å². The molecule has 124 valence electrons. The number of amides is 1. The number of benzene rings is 1. The van der Waals surface area contributed by atoms with Crippen molar-refractivity contribution >= 4 is 11.6 Å². The highest BCUT2D eigenvalue weighted by Gasteiger charge is 2.20. The first kappa shape index (κ1) is 17.3. The Kier molecular flexibility index (Phi) is 6.03. The summed E-state index contributed by atoms with van der Waals surface area (Å²) in [5, 5.41) is 13.0. The SMILES string of the molecule is CN(C)CC#Cc1ccc(NC2CCC(O)CC2)c(C(N)=O)c1. The van der Waals surface area contributed by atoms with E-state index >= 15 is 0 Å². The van der Waals surface area contributed by atoms with E-state index in [0.717, 1.165) is 36.9 Å². The molecule has 0 atom stereocenters. The van der Waals surface area contributed by atoms with Gasteiger partial charge in [-0.25, -0.2) is 0 Å². The van der Waals surface area contributed by atoms with Gasteiger partial charge >= 0.3 is 0 Å². The van der Waals surface area contributed by atoms with Gasteiger partial charge in [0.2, 0.25) is 0 Å². The van der Waals surface area contributed by atoms with E-state index < -0.39 is 5.91 Å². The maximum atomic E-state index is 11.7. The smallest absolute Gasteiger partial charge is 0.250 e. The summed E-state index contributed by atoms with van der Waals surface area (Å²) >= 11 is 0. The number of carbonyl (C=O) groups excluding carboxylic acids is 1. The molecular formula is C18H25N3O2. The van der Waals surface area contributed by atoms with E-state index in [1.54, 1.807) is 6.07 Å². The van der Waals surface area contributed by atoms with Gasteiger partial charge in [0.1, 0.15) is 0 Å².